The minimum atomic E-state index is 0.440. The van der Waals surface area contributed by atoms with E-state index >= 15 is 0 Å². The lowest BCUT2D eigenvalue weighted by atomic mass is 9.74. The molecule has 1 N–H and O–H groups in total. The third-order valence-electron chi connectivity index (χ3n) is 2.87. The summed E-state index contributed by atoms with van der Waals surface area (Å²) in [5.41, 5.74) is 4.60. The van der Waals surface area contributed by atoms with E-state index in [1.807, 2.05) is 0 Å². The van der Waals surface area contributed by atoms with Gasteiger partial charge in [0.15, 0.2) is 0 Å². The summed E-state index contributed by atoms with van der Waals surface area (Å²) in [6, 6.07) is 0. The average Bonchev–Trinajstić information content (AvgIpc) is 2.04. The van der Waals surface area contributed by atoms with Gasteiger partial charge in [-0.15, -0.1) is 0 Å². The highest BCUT2D eigenvalue weighted by atomic mass is 16.6. The van der Waals surface area contributed by atoms with Gasteiger partial charge in [-0.25, -0.2) is 0 Å². The van der Waals surface area contributed by atoms with Crippen LogP contribution in [0.1, 0.15) is 40.0 Å². The molecule has 0 bridgehead atoms. The predicted molar refractivity (Wildman–Crippen MR) is 55.0 cm³/mol. The van der Waals surface area contributed by atoms with Crippen LogP contribution in [0.15, 0.2) is 11.8 Å². The van der Waals surface area contributed by atoms with Crippen molar-refractivity contribution in [3.8, 4) is 0 Å². The highest BCUT2D eigenvalue weighted by Crippen LogP contribution is 2.36. The second-order valence-electron chi connectivity index (χ2n) is 4.87. The Morgan fingerprint density at radius 3 is 2.54 bits per heavy atom. The van der Waals surface area contributed by atoms with E-state index in [2.05, 4.69) is 32.3 Å². The van der Waals surface area contributed by atoms with Gasteiger partial charge in [0.05, 0.1) is 7.11 Å². The van der Waals surface area contributed by atoms with Gasteiger partial charge in [0.25, 0.3) is 0 Å². The summed E-state index contributed by atoms with van der Waals surface area (Å²) in [6.07, 6.45) is 5.83. The zero-order valence-electron chi connectivity index (χ0n) is 9.18. The Labute approximate surface area is 81.3 Å². The molecule has 0 aromatic carbocycles. The van der Waals surface area contributed by atoms with E-state index in [9.17, 15) is 0 Å². The SMILES string of the molecule is CONC1=CCC(C(C)(C)C)CC1. The molecule has 0 heterocycles. The van der Waals surface area contributed by atoms with E-state index in [1.165, 1.54) is 18.5 Å². The maximum atomic E-state index is 4.88. The molecule has 0 fully saturated rings. The van der Waals surface area contributed by atoms with E-state index in [4.69, 9.17) is 4.84 Å². The van der Waals surface area contributed by atoms with Crippen LogP contribution >= 0.6 is 0 Å². The molecule has 1 unspecified atom stereocenters. The number of hydrogen-bond acceptors (Lipinski definition) is 2. The molecule has 0 saturated carbocycles. The fraction of sp³-hybridized carbons (Fsp3) is 0.818. The normalized spacial score (nSPS) is 24.0. The molecule has 1 aliphatic rings. The summed E-state index contributed by atoms with van der Waals surface area (Å²) < 4.78 is 0. The Hall–Kier alpha value is -0.500. The Morgan fingerprint density at radius 2 is 2.15 bits per heavy atom. The quantitative estimate of drug-likeness (QED) is 0.665. The van der Waals surface area contributed by atoms with Crippen molar-refractivity contribution in [2.24, 2.45) is 11.3 Å². The fourth-order valence-corrected chi connectivity index (χ4v) is 1.84. The lowest BCUT2D eigenvalue weighted by Crippen LogP contribution is -2.24. The molecule has 1 aliphatic carbocycles. The van der Waals surface area contributed by atoms with Gasteiger partial charge in [-0.05, 0) is 30.6 Å². The number of hydrogen-bond donors (Lipinski definition) is 1. The molecule has 0 aromatic rings. The van der Waals surface area contributed by atoms with Crippen LogP contribution in [0.2, 0.25) is 0 Å². The molecule has 2 nitrogen and oxygen atoms in total. The molecule has 1 rings (SSSR count). The zero-order chi connectivity index (χ0) is 9.90. The first-order valence-corrected chi connectivity index (χ1v) is 5.02. The number of hydroxylamine groups is 1. The third-order valence-corrected chi connectivity index (χ3v) is 2.87. The van der Waals surface area contributed by atoms with Crippen molar-refractivity contribution in [1.29, 1.82) is 0 Å². The zero-order valence-corrected chi connectivity index (χ0v) is 9.18. The van der Waals surface area contributed by atoms with Gasteiger partial charge >= 0.3 is 0 Å². The van der Waals surface area contributed by atoms with E-state index in [1.54, 1.807) is 7.11 Å². The molecule has 0 aliphatic heterocycles. The summed E-state index contributed by atoms with van der Waals surface area (Å²) in [5.74, 6) is 0.815. The van der Waals surface area contributed by atoms with E-state index in [-0.39, 0.29) is 0 Å². The van der Waals surface area contributed by atoms with Gasteiger partial charge in [0.2, 0.25) is 0 Å². The van der Waals surface area contributed by atoms with Crippen LogP contribution in [0.3, 0.4) is 0 Å². The minimum Gasteiger partial charge on any atom is -0.280 e. The standard InChI is InChI=1S/C11H21NO/c1-11(2,3)9-5-7-10(8-6-9)12-13-4/h7,9,12H,5-6,8H2,1-4H3. The summed E-state index contributed by atoms with van der Waals surface area (Å²) in [5, 5.41) is 0. The smallest absolute Gasteiger partial charge is 0.0636 e. The average molecular weight is 183 g/mol. The van der Waals surface area contributed by atoms with Gasteiger partial charge in [-0.3, -0.25) is 10.3 Å². The van der Waals surface area contributed by atoms with Crippen molar-refractivity contribution in [3.63, 3.8) is 0 Å². The van der Waals surface area contributed by atoms with Crippen LogP contribution in [-0.2, 0) is 4.84 Å². The first-order chi connectivity index (χ1) is 6.04. The summed E-state index contributed by atoms with van der Waals surface area (Å²) >= 11 is 0. The molecule has 0 saturated heterocycles. The number of nitrogens with one attached hydrogen (secondary N) is 1. The van der Waals surface area contributed by atoms with Crippen LogP contribution in [0.4, 0.5) is 0 Å². The van der Waals surface area contributed by atoms with Gasteiger partial charge < -0.3 is 0 Å². The highest BCUT2D eigenvalue weighted by molar-refractivity contribution is 5.04. The Morgan fingerprint density at radius 1 is 1.46 bits per heavy atom. The van der Waals surface area contributed by atoms with E-state index in [0.29, 0.717) is 5.41 Å². The first kappa shape index (κ1) is 10.6. The molecule has 0 aromatic heterocycles. The third kappa shape index (κ3) is 3.03. The second-order valence-corrected chi connectivity index (χ2v) is 4.87. The molecule has 1 atom stereocenters. The van der Waals surface area contributed by atoms with E-state index < -0.39 is 0 Å². The van der Waals surface area contributed by atoms with Crippen LogP contribution in [0, 0.1) is 11.3 Å². The molecule has 13 heavy (non-hydrogen) atoms. The number of allylic oxidation sites excluding steroid dienone is 2. The Balaban J connectivity index is 2.46. The lowest BCUT2D eigenvalue weighted by molar-refractivity contribution is 0.108. The predicted octanol–water partition coefficient (Wildman–Crippen LogP) is 2.87. The van der Waals surface area contributed by atoms with Gasteiger partial charge in [-0.2, -0.15) is 0 Å². The molecular formula is C11H21NO. The molecule has 2 heteroatoms. The molecule has 76 valence electrons. The topological polar surface area (TPSA) is 21.3 Å². The Kier molecular flexibility index (Phi) is 3.37. The largest absolute Gasteiger partial charge is 0.280 e. The fourth-order valence-electron chi connectivity index (χ4n) is 1.84. The van der Waals surface area contributed by atoms with Crippen molar-refractivity contribution in [3.05, 3.63) is 11.8 Å². The molecular weight excluding hydrogens is 162 g/mol. The van der Waals surface area contributed by atoms with Crippen molar-refractivity contribution in [2.45, 2.75) is 40.0 Å². The number of rotatable bonds is 2. The highest BCUT2D eigenvalue weighted by Gasteiger charge is 2.25. The van der Waals surface area contributed by atoms with Crippen molar-refractivity contribution in [2.75, 3.05) is 7.11 Å². The van der Waals surface area contributed by atoms with Crippen LogP contribution in [0.5, 0.6) is 0 Å². The van der Waals surface area contributed by atoms with Gasteiger partial charge in [0.1, 0.15) is 0 Å². The molecule has 0 spiro atoms. The summed E-state index contributed by atoms with van der Waals surface area (Å²) in [4.78, 5) is 4.88. The minimum absolute atomic E-state index is 0.440. The van der Waals surface area contributed by atoms with Crippen LogP contribution < -0.4 is 5.48 Å². The van der Waals surface area contributed by atoms with Crippen LogP contribution in [0.25, 0.3) is 0 Å². The summed E-state index contributed by atoms with van der Waals surface area (Å²) in [6.45, 7) is 6.96. The monoisotopic (exact) mass is 183 g/mol. The van der Waals surface area contributed by atoms with Crippen molar-refractivity contribution in [1.82, 2.24) is 5.48 Å². The van der Waals surface area contributed by atoms with Crippen molar-refractivity contribution < 1.29 is 4.84 Å². The second kappa shape index (κ2) is 4.14. The first-order valence-electron chi connectivity index (χ1n) is 5.02. The Bertz CT molecular complexity index is 191. The molecule has 0 radical (unpaired) electrons. The molecule has 0 amide bonds. The van der Waals surface area contributed by atoms with Crippen LogP contribution in [-0.4, -0.2) is 7.11 Å². The maximum Gasteiger partial charge on any atom is 0.0636 e. The lowest BCUT2D eigenvalue weighted by Gasteiger charge is -2.33. The maximum absolute atomic E-state index is 4.88. The van der Waals surface area contributed by atoms with Gasteiger partial charge in [0, 0.05) is 5.70 Å². The van der Waals surface area contributed by atoms with Gasteiger partial charge in [-0.1, -0.05) is 26.8 Å². The summed E-state index contributed by atoms with van der Waals surface area (Å²) in [7, 11) is 1.66. The van der Waals surface area contributed by atoms with Crippen molar-refractivity contribution >= 4 is 0 Å². The van der Waals surface area contributed by atoms with E-state index in [0.717, 1.165) is 12.3 Å².